The molecule has 2 bridgehead atoms. The van der Waals surface area contributed by atoms with Crippen LogP contribution in [0.25, 0.3) is 0 Å². The van der Waals surface area contributed by atoms with Crippen molar-refractivity contribution in [2.24, 2.45) is 11.8 Å². The van der Waals surface area contributed by atoms with Crippen LogP contribution in [0.3, 0.4) is 0 Å². The number of aliphatic hydroxyl groups excluding tert-OH is 1. The lowest BCUT2D eigenvalue weighted by atomic mass is 9.70. The molecule has 3 saturated heterocycles. The first kappa shape index (κ1) is 38.9. The Morgan fingerprint density at radius 1 is 1.04 bits per heavy atom. The third-order valence-corrected chi connectivity index (χ3v) is 11.5. The molecule has 3 aliphatic rings. The first-order chi connectivity index (χ1) is 26.1. The molecule has 12 heteroatoms. The fourth-order valence-electron chi connectivity index (χ4n) is 8.28. The largest absolute Gasteiger partial charge is 0.497 e. The summed E-state index contributed by atoms with van der Waals surface area (Å²) < 4.78 is 18.4. The van der Waals surface area contributed by atoms with E-state index in [0.29, 0.717) is 29.0 Å². The molecule has 2 N–H and O–H groups in total. The molecule has 6 rings (SSSR count). The number of esters is 1. The minimum Gasteiger partial charge on any atom is -0.497 e. The van der Waals surface area contributed by atoms with Crippen LogP contribution < -0.4 is 15.0 Å². The van der Waals surface area contributed by atoms with E-state index in [9.17, 15) is 14.7 Å². The smallest absolute Gasteiger partial charge is 0.313 e. The number of fused-ring (bicyclic) bond motifs is 1. The first-order valence-electron chi connectivity index (χ1n) is 18.1. The van der Waals surface area contributed by atoms with Gasteiger partial charge in [0.05, 0.1) is 43.7 Å². The summed E-state index contributed by atoms with van der Waals surface area (Å²) in [6.45, 7) is 8.97. The highest BCUT2D eigenvalue weighted by atomic mass is 79.9. The number of nitrogens with zero attached hydrogens (tertiary/aromatic N) is 2. The number of hydrogen-bond acceptors (Lipinski definition) is 8. The van der Waals surface area contributed by atoms with Crippen LogP contribution in [0, 0.1) is 11.8 Å². The van der Waals surface area contributed by atoms with E-state index in [4.69, 9.17) is 14.2 Å². The van der Waals surface area contributed by atoms with E-state index in [2.05, 4.69) is 34.4 Å². The number of alkyl halides is 1. The van der Waals surface area contributed by atoms with E-state index in [1.54, 1.807) is 74.7 Å². The van der Waals surface area contributed by atoms with Crippen LogP contribution in [0.15, 0.2) is 110 Å². The maximum absolute atomic E-state index is 15.1. The lowest BCUT2D eigenvalue weighted by Gasteiger charge is -2.39. The summed E-state index contributed by atoms with van der Waals surface area (Å²) in [6, 6.07) is 22.3. The zero-order valence-corrected chi connectivity index (χ0v) is 32.0. The van der Waals surface area contributed by atoms with Crippen molar-refractivity contribution in [1.29, 1.82) is 0 Å². The van der Waals surface area contributed by atoms with Crippen LogP contribution in [0.1, 0.15) is 49.5 Å². The van der Waals surface area contributed by atoms with Gasteiger partial charge in [-0.2, -0.15) is 0 Å². The van der Waals surface area contributed by atoms with Crippen LogP contribution in [0.5, 0.6) is 5.75 Å². The van der Waals surface area contributed by atoms with Gasteiger partial charge in [0, 0.05) is 23.5 Å². The van der Waals surface area contributed by atoms with Gasteiger partial charge in [-0.1, -0.05) is 88.7 Å². The molecule has 3 aromatic rings. The van der Waals surface area contributed by atoms with Crippen molar-refractivity contribution >= 4 is 45.3 Å². The molecule has 9 atom stereocenters. The van der Waals surface area contributed by atoms with Crippen molar-refractivity contribution in [2.45, 2.75) is 66.9 Å². The Labute approximate surface area is 324 Å². The van der Waals surface area contributed by atoms with Crippen molar-refractivity contribution in [2.75, 3.05) is 25.2 Å². The molecule has 3 aliphatic heterocycles. The molecule has 3 heterocycles. The number of carbonyl (C=O) groups is 4. The molecule has 3 amide bonds. The lowest BCUT2D eigenvalue weighted by Crippen LogP contribution is -2.57. The highest BCUT2D eigenvalue weighted by Gasteiger charge is 2.77. The first-order valence-corrected chi connectivity index (χ1v) is 19.0. The van der Waals surface area contributed by atoms with Crippen molar-refractivity contribution in [3.05, 3.63) is 121 Å². The zero-order valence-electron chi connectivity index (χ0n) is 30.4. The number of halogens is 1. The Bertz CT molecular complexity index is 1840. The van der Waals surface area contributed by atoms with E-state index >= 15 is 9.59 Å². The predicted molar refractivity (Wildman–Crippen MR) is 207 cm³/mol. The topological polar surface area (TPSA) is 135 Å². The third-order valence-electron chi connectivity index (χ3n) is 10.7. The number of ether oxygens (including phenoxy) is 3. The van der Waals surface area contributed by atoms with Crippen LogP contribution in [0.4, 0.5) is 5.69 Å². The summed E-state index contributed by atoms with van der Waals surface area (Å²) in [4.78, 5) is 60.1. The standard InChI is InChI=1S/C42H46BrN3O8/c1-5-7-18-33(48)44-26(3)36(28-16-12-9-13-17-28)53-41(51)34-35-39(49)46(32(25-47)27-14-10-8-11-15-27)38(42(35)24-31(43)37(34)54-42)40(50)45(23-6-2)29-19-21-30(52-4)22-20-29/h5-6,8-17,19-22,26,31-32,34-38,47H,1-2,7,18,23-25H2,3-4H3,(H,44,48)/t26-,31?,32+,34-,35+,36-,37-,38-,42+/m0/s1. The van der Waals surface area contributed by atoms with Gasteiger partial charge in [-0.05, 0) is 55.2 Å². The number of likely N-dealkylation sites (tertiary alicyclic amines) is 1. The van der Waals surface area contributed by atoms with Crippen LogP contribution in [-0.2, 0) is 28.7 Å². The number of anilines is 1. The Morgan fingerprint density at radius 2 is 1.69 bits per heavy atom. The highest BCUT2D eigenvalue weighted by Crippen LogP contribution is 2.61. The summed E-state index contributed by atoms with van der Waals surface area (Å²) in [7, 11) is 1.55. The van der Waals surface area contributed by atoms with Crippen LogP contribution in [0.2, 0.25) is 0 Å². The summed E-state index contributed by atoms with van der Waals surface area (Å²) >= 11 is 3.74. The van der Waals surface area contributed by atoms with Gasteiger partial charge in [0.2, 0.25) is 11.8 Å². The Kier molecular flexibility index (Phi) is 12.0. The number of methoxy groups -OCH3 is 1. The number of amides is 3. The molecule has 54 heavy (non-hydrogen) atoms. The second-order valence-electron chi connectivity index (χ2n) is 13.9. The molecule has 0 radical (unpaired) electrons. The van der Waals surface area contributed by atoms with E-state index in [1.165, 1.54) is 9.80 Å². The molecule has 1 unspecified atom stereocenters. The molecule has 1 spiro atoms. The van der Waals surface area contributed by atoms with Gasteiger partial charge in [-0.25, -0.2) is 0 Å². The number of nitrogens with one attached hydrogen (secondary N) is 1. The van der Waals surface area contributed by atoms with Crippen LogP contribution >= 0.6 is 15.9 Å². The number of aliphatic hydroxyl groups is 1. The maximum Gasteiger partial charge on any atom is 0.313 e. The molecule has 284 valence electrons. The fraction of sp³-hybridized carbons (Fsp3) is 0.381. The molecular weight excluding hydrogens is 754 g/mol. The van der Waals surface area contributed by atoms with E-state index in [1.807, 2.05) is 36.4 Å². The monoisotopic (exact) mass is 799 g/mol. The van der Waals surface area contributed by atoms with Crippen molar-refractivity contribution in [3.8, 4) is 5.75 Å². The molecule has 3 aromatic carbocycles. The van der Waals surface area contributed by atoms with Gasteiger partial charge in [-0.15, -0.1) is 13.2 Å². The molecule has 3 fully saturated rings. The van der Waals surface area contributed by atoms with Gasteiger partial charge in [0.25, 0.3) is 5.91 Å². The number of allylic oxidation sites excluding steroid dienone is 1. The second kappa shape index (κ2) is 16.7. The van der Waals surface area contributed by atoms with Crippen molar-refractivity contribution in [3.63, 3.8) is 0 Å². The average molecular weight is 801 g/mol. The van der Waals surface area contributed by atoms with E-state index in [0.717, 1.165) is 0 Å². The van der Waals surface area contributed by atoms with Crippen molar-refractivity contribution < 1.29 is 38.5 Å². The number of benzene rings is 3. The van der Waals surface area contributed by atoms with Gasteiger partial charge in [0.15, 0.2) is 0 Å². The summed E-state index contributed by atoms with van der Waals surface area (Å²) in [5, 5.41) is 13.9. The summed E-state index contributed by atoms with van der Waals surface area (Å²) in [6.07, 6.45) is 2.53. The number of carbonyl (C=O) groups excluding carboxylic acids is 4. The summed E-state index contributed by atoms with van der Waals surface area (Å²) in [5.41, 5.74) is 0.378. The average Bonchev–Trinajstić information content (AvgIpc) is 3.79. The van der Waals surface area contributed by atoms with Gasteiger partial charge in [0.1, 0.15) is 23.5 Å². The number of rotatable bonds is 16. The van der Waals surface area contributed by atoms with E-state index in [-0.39, 0.29) is 25.3 Å². The van der Waals surface area contributed by atoms with Gasteiger partial charge >= 0.3 is 5.97 Å². The molecule has 11 nitrogen and oxygen atoms in total. The third kappa shape index (κ3) is 7.22. The van der Waals surface area contributed by atoms with Crippen molar-refractivity contribution in [1.82, 2.24) is 10.2 Å². The Hall–Kier alpha value is -4.78. The Morgan fingerprint density at radius 3 is 2.28 bits per heavy atom. The maximum atomic E-state index is 15.1. The minimum absolute atomic E-state index is 0.112. The van der Waals surface area contributed by atoms with Crippen LogP contribution in [-0.4, -0.2) is 82.6 Å². The quantitative estimate of drug-likeness (QED) is 0.111. The fourth-order valence-corrected chi connectivity index (χ4v) is 9.23. The number of hydrogen-bond donors (Lipinski definition) is 2. The SMILES string of the molecule is C=CCCC(=O)N[C@@H](C)[C@H](OC(=O)[C@@H]1[C@H]2O[C@@]3(CC2Br)[C@H](C(=O)N(CC=C)c2ccc(OC)cc2)N([C@H](CO)c2ccccc2)C(=O)[C@@H]13)c1ccccc1. The predicted octanol–water partition coefficient (Wildman–Crippen LogP) is 5.45. The summed E-state index contributed by atoms with van der Waals surface area (Å²) in [5.74, 6) is -3.45. The molecular formula is C42H46BrN3O8. The molecule has 0 aromatic heterocycles. The minimum atomic E-state index is -1.45. The highest BCUT2D eigenvalue weighted by molar-refractivity contribution is 9.09. The van der Waals surface area contributed by atoms with Gasteiger partial charge in [-0.3, -0.25) is 19.2 Å². The van der Waals surface area contributed by atoms with Gasteiger partial charge < -0.3 is 34.4 Å². The Balaban J connectivity index is 1.41. The second-order valence-corrected chi connectivity index (χ2v) is 15.1. The normalized spacial score (nSPS) is 25.6. The molecule has 0 saturated carbocycles. The zero-order chi connectivity index (χ0) is 38.6. The lowest BCUT2D eigenvalue weighted by molar-refractivity contribution is -0.162. The molecule has 0 aliphatic carbocycles. The van der Waals surface area contributed by atoms with E-state index < -0.39 is 77.0 Å².